The molecule has 0 heterocycles. The summed E-state index contributed by atoms with van der Waals surface area (Å²) < 4.78 is 8.59. The van der Waals surface area contributed by atoms with Crippen molar-refractivity contribution in [3.05, 3.63) is 0 Å². The summed E-state index contributed by atoms with van der Waals surface area (Å²) in [6, 6.07) is 0. The van der Waals surface area contributed by atoms with Gasteiger partial charge in [0.2, 0.25) is 0 Å². The van der Waals surface area contributed by atoms with Gasteiger partial charge in [-0.3, -0.25) is 19.2 Å². The van der Waals surface area contributed by atoms with Crippen LogP contribution in [0.25, 0.3) is 0 Å². The first-order valence-electron chi connectivity index (χ1n) is 5.67. The van der Waals surface area contributed by atoms with Crippen LogP contribution >= 0.6 is 15.9 Å². The minimum absolute atomic E-state index is 0.0816. The highest BCUT2D eigenvalue weighted by Crippen LogP contribution is 2.04. The molecule has 6 nitrogen and oxygen atoms in total. The van der Waals surface area contributed by atoms with Gasteiger partial charge in [-0.1, -0.05) is 29.8 Å². The Balaban J connectivity index is 0. The number of carbonyl (C=O) groups is 4. The van der Waals surface area contributed by atoms with Crippen LogP contribution in [0.5, 0.6) is 0 Å². The number of alkyl halides is 1. The largest absolute Gasteiger partial charge is 0.469 e. The average molecular weight is 339 g/mol. The zero-order valence-electron chi connectivity index (χ0n) is 11.5. The standard InChI is InChI=1S/C6H9BrO3.C6H10O3/c1-3-4(8)5(7)6(9)10-2;1-3-5(7)4-6(8)9-2/h5H,3H2,1-2H3;3-4H2,1-2H3. The maximum absolute atomic E-state index is 10.8. The van der Waals surface area contributed by atoms with E-state index < -0.39 is 16.8 Å². The Kier molecular flexibility index (Phi) is 12.5. The average Bonchev–Trinajstić information content (AvgIpc) is 2.44. The number of ether oxygens (including phenoxy) is 2. The molecule has 0 amide bonds. The molecule has 0 aromatic rings. The number of rotatable bonds is 6. The SMILES string of the molecule is CCC(=O)C(Br)C(=O)OC.CCC(=O)CC(=O)OC. The second-order valence-electron chi connectivity index (χ2n) is 3.35. The van der Waals surface area contributed by atoms with E-state index in [0.717, 1.165) is 0 Å². The molecule has 0 aromatic carbocycles. The molecule has 0 spiro atoms. The highest BCUT2D eigenvalue weighted by atomic mass is 79.9. The van der Waals surface area contributed by atoms with Crippen LogP contribution in [0.2, 0.25) is 0 Å². The van der Waals surface area contributed by atoms with Crippen LogP contribution < -0.4 is 0 Å². The quantitative estimate of drug-likeness (QED) is 0.413. The van der Waals surface area contributed by atoms with E-state index in [0.29, 0.717) is 12.8 Å². The molecule has 0 aliphatic heterocycles. The second kappa shape index (κ2) is 11.8. The summed E-state index contributed by atoms with van der Waals surface area (Å²) in [4.78, 5) is 41.4. The molecule has 0 aliphatic rings. The van der Waals surface area contributed by atoms with Crippen molar-refractivity contribution in [3.63, 3.8) is 0 Å². The first-order chi connectivity index (χ1) is 8.83. The summed E-state index contributed by atoms with van der Waals surface area (Å²) in [5, 5.41) is 0. The molecule has 0 rings (SSSR count). The van der Waals surface area contributed by atoms with Crippen LogP contribution in [0.4, 0.5) is 0 Å². The fourth-order valence-corrected chi connectivity index (χ4v) is 1.28. The molecule has 0 saturated heterocycles. The summed E-state index contributed by atoms with van der Waals surface area (Å²) in [5.41, 5.74) is 0. The predicted molar refractivity (Wildman–Crippen MR) is 72.0 cm³/mol. The second-order valence-corrected chi connectivity index (χ2v) is 4.27. The Morgan fingerprint density at radius 2 is 1.53 bits per heavy atom. The third-order valence-corrected chi connectivity index (χ3v) is 2.89. The maximum Gasteiger partial charge on any atom is 0.327 e. The van der Waals surface area contributed by atoms with Gasteiger partial charge in [-0.2, -0.15) is 0 Å². The fourth-order valence-electron chi connectivity index (χ4n) is 0.772. The van der Waals surface area contributed by atoms with Gasteiger partial charge >= 0.3 is 11.9 Å². The maximum atomic E-state index is 10.8. The van der Waals surface area contributed by atoms with Gasteiger partial charge in [-0.05, 0) is 0 Å². The smallest absolute Gasteiger partial charge is 0.327 e. The van der Waals surface area contributed by atoms with Gasteiger partial charge in [0, 0.05) is 12.8 Å². The zero-order chi connectivity index (χ0) is 15.4. The van der Waals surface area contributed by atoms with E-state index in [4.69, 9.17) is 0 Å². The first kappa shape index (κ1) is 20.1. The lowest BCUT2D eigenvalue weighted by molar-refractivity contribution is -0.144. The molecule has 19 heavy (non-hydrogen) atoms. The van der Waals surface area contributed by atoms with Crippen LogP contribution in [0, 0.1) is 0 Å². The molecular formula is C12H19BrO6. The van der Waals surface area contributed by atoms with Gasteiger partial charge in [-0.15, -0.1) is 0 Å². The third-order valence-electron chi connectivity index (χ3n) is 2.00. The first-order valence-corrected chi connectivity index (χ1v) is 6.58. The number of halogens is 1. The van der Waals surface area contributed by atoms with E-state index in [1.54, 1.807) is 13.8 Å². The normalized spacial score (nSPS) is 10.6. The lowest BCUT2D eigenvalue weighted by Crippen LogP contribution is -2.24. The van der Waals surface area contributed by atoms with Gasteiger partial charge in [0.05, 0.1) is 14.2 Å². The molecule has 1 atom stereocenters. The van der Waals surface area contributed by atoms with E-state index in [-0.39, 0.29) is 18.0 Å². The molecule has 0 fully saturated rings. The molecular weight excluding hydrogens is 320 g/mol. The monoisotopic (exact) mass is 338 g/mol. The van der Waals surface area contributed by atoms with E-state index in [2.05, 4.69) is 25.4 Å². The lowest BCUT2D eigenvalue weighted by atomic mass is 10.2. The van der Waals surface area contributed by atoms with Gasteiger partial charge in [0.1, 0.15) is 12.2 Å². The Labute approximate surface area is 121 Å². The Morgan fingerprint density at radius 1 is 1.00 bits per heavy atom. The van der Waals surface area contributed by atoms with Crippen molar-refractivity contribution in [3.8, 4) is 0 Å². The molecule has 0 N–H and O–H groups in total. The van der Waals surface area contributed by atoms with E-state index in [1.165, 1.54) is 14.2 Å². The lowest BCUT2D eigenvalue weighted by Gasteiger charge is -2.02. The number of carbonyl (C=O) groups excluding carboxylic acids is 4. The Hall–Kier alpha value is -1.24. The van der Waals surface area contributed by atoms with E-state index in [9.17, 15) is 19.2 Å². The summed E-state index contributed by atoms with van der Waals surface area (Å²) >= 11 is 2.90. The Morgan fingerprint density at radius 3 is 1.84 bits per heavy atom. The predicted octanol–water partition coefficient (Wildman–Crippen LogP) is 1.43. The minimum Gasteiger partial charge on any atom is -0.469 e. The van der Waals surface area contributed by atoms with Crippen LogP contribution in [0.1, 0.15) is 33.1 Å². The van der Waals surface area contributed by atoms with Crippen LogP contribution in [-0.4, -0.2) is 42.6 Å². The van der Waals surface area contributed by atoms with Crippen molar-refractivity contribution in [2.75, 3.05) is 14.2 Å². The summed E-state index contributed by atoms with van der Waals surface area (Å²) in [6.45, 7) is 3.41. The van der Waals surface area contributed by atoms with Crippen molar-refractivity contribution in [1.82, 2.24) is 0 Å². The van der Waals surface area contributed by atoms with Crippen LogP contribution in [0.15, 0.2) is 0 Å². The van der Waals surface area contributed by atoms with Crippen molar-refractivity contribution in [2.45, 2.75) is 37.9 Å². The number of Topliss-reactive ketones (excluding diaryl/α,β-unsaturated/α-hetero) is 2. The van der Waals surface area contributed by atoms with Crippen molar-refractivity contribution in [2.24, 2.45) is 0 Å². The molecule has 0 saturated carbocycles. The number of methoxy groups -OCH3 is 2. The van der Waals surface area contributed by atoms with Gasteiger partial charge < -0.3 is 9.47 Å². The van der Waals surface area contributed by atoms with E-state index >= 15 is 0 Å². The third kappa shape index (κ3) is 10.4. The van der Waals surface area contributed by atoms with Gasteiger partial charge in [0.25, 0.3) is 0 Å². The van der Waals surface area contributed by atoms with Crippen molar-refractivity contribution >= 4 is 39.4 Å². The van der Waals surface area contributed by atoms with Crippen molar-refractivity contribution in [1.29, 1.82) is 0 Å². The Bertz CT molecular complexity index is 296. The number of ketones is 2. The molecule has 110 valence electrons. The van der Waals surface area contributed by atoms with Crippen LogP contribution in [0.3, 0.4) is 0 Å². The van der Waals surface area contributed by atoms with Crippen LogP contribution in [-0.2, 0) is 28.7 Å². The zero-order valence-corrected chi connectivity index (χ0v) is 13.1. The minimum atomic E-state index is -0.789. The molecule has 0 aliphatic carbocycles. The molecule has 0 radical (unpaired) electrons. The highest BCUT2D eigenvalue weighted by Gasteiger charge is 2.21. The summed E-state index contributed by atoms with van der Waals surface area (Å²) in [5.74, 6) is -1.23. The van der Waals surface area contributed by atoms with Crippen molar-refractivity contribution < 1.29 is 28.7 Å². The molecule has 0 aromatic heterocycles. The fraction of sp³-hybridized carbons (Fsp3) is 0.667. The number of hydrogen-bond acceptors (Lipinski definition) is 6. The summed E-state index contributed by atoms with van der Waals surface area (Å²) in [7, 11) is 2.52. The van der Waals surface area contributed by atoms with Gasteiger partial charge in [0.15, 0.2) is 10.6 Å². The highest BCUT2D eigenvalue weighted by molar-refractivity contribution is 9.10. The molecule has 7 heteroatoms. The van der Waals surface area contributed by atoms with E-state index in [1.807, 2.05) is 0 Å². The number of hydrogen-bond donors (Lipinski definition) is 0. The topological polar surface area (TPSA) is 86.7 Å². The number of esters is 2. The molecule has 1 unspecified atom stereocenters. The van der Waals surface area contributed by atoms with Gasteiger partial charge in [-0.25, -0.2) is 0 Å². The summed E-state index contributed by atoms with van der Waals surface area (Å²) in [6.07, 6.45) is 0.646. The molecule has 0 bridgehead atoms.